The molecule has 0 aromatic carbocycles. The highest BCUT2D eigenvalue weighted by molar-refractivity contribution is 5.04. The second kappa shape index (κ2) is 4.89. The van der Waals surface area contributed by atoms with Crippen molar-refractivity contribution in [3.05, 3.63) is 0 Å². The molecule has 17 heavy (non-hydrogen) atoms. The second-order valence-electron chi connectivity index (χ2n) is 7.32. The van der Waals surface area contributed by atoms with E-state index in [1.807, 2.05) is 0 Å². The molecule has 2 nitrogen and oxygen atoms in total. The largest absolute Gasteiger partial charge is 0.329 e. The van der Waals surface area contributed by atoms with Crippen LogP contribution in [0, 0.1) is 17.3 Å². The Kier molecular flexibility index (Phi) is 3.84. The molecule has 0 saturated heterocycles. The Morgan fingerprint density at radius 2 is 2.00 bits per heavy atom. The van der Waals surface area contributed by atoms with Crippen molar-refractivity contribution in [3.8, 4) is 0 Å². The van der Waals surface area contributed by atoms with E-state index in [4.69, 9.17) is 5.73 Å². The third kappa shape index (κ3) is 2.85. The highest BCUT2D eigenvalue weighted by atomic mass is 15.0. The van der Waals surface area contributed by atoms with E-state index >= 15 is 0 Å². The molecule has 0 heterocycles. The Morgan fingerprint density at radius 3 is 2.41 bits per heavy atom. The van der Waals surface area contributed by atoms with E-state index in [1.54, 1.807) is 0 Å². The van der Waals surface area contributed by atoms with Crippen molar-refractivity contribution in [2.75, 3.05) is 13.1 Å². The van der Waals surface area contributed by atoms with Gasteiger partial charge in [0.25, 0.3) is 0 Å². The minimum atomic E-state index is 0.216. The first-order valence-corrected chi connectivity index (χ1v) is 7.43. The van der Waals surface area contributed by atoms with Gasteiger partial charge in [0, 0.05) is 12.1 Å². The van der Waals surface area contributed by atoms with Crippen LogP contribution in [0.25, 0.3) is 0 Å². The van der Waals surface area contributed by atoms with Gasteiger partial charge in [-0.25, -0.2) is 0 Å². The fraction of sp³-hybridized carbons (Fsp3) is 1.00. The molecule has 0 aliphatic heterocycles. The summed E-state index contributed by atoms with van der Waals surface area (Å²) in [6.45, 7) is 9.10. The van der Waals surface area contributed by atoms with Crippen molar-refractivity contribution in [3.63, 3.8) is 0 Å². The van der Waals surface area contributed by atoms with Gasteiger partial charge in [-0.2, -0.15) is 0 Å². The first-order chi connectivity index (χ1) is 7.97. The number of rotatable bonds is 5. The minimum absolute atomic E-state index is 0.216. The first-order valence-electron chi connectivity index (χ1n) is 7.43. The summed E-state index contributed by atoms with van der Waals surface area (Å²) >= 11 is 0. The molecule has 2 heteroatoms. The molecule has 2 fully saturated rings. The lowest BCUT2D eigenvalue weighted by molar-refractivity contribution is 0.229. The molecular weight excluding hydrogens is 208 g/mol. The Labute approximate surface area is 107 Å². The predicted octanol–water partition coefficient (Wildman–Crippen LogP) is 2.92. The smallest absolute Gasteiger partial charge is 0.0335 e. The zero-order chi connectivity index (χ0) is 12.5. The molecule has 2 atom stereocenters. The van der Waals surface area contributed by atoms with Gasteiger partial charge >= 0.3 is 0 Å². The van der Waals surface area contributed by atoms with Crippen LogP contribution < -0.4 is 11.1 Å². The van der Waals surface area contributed by atoms with Gasteiger partial charge in [-0.3, -0.25) is 0 Å². The maximum absolute atomic E-state index is 6.08. The SMILES string of the molecule is CC1CC(C)(C)CC1(CN)NCCC1CCC1. The average molecular weight is 238 g/mol. The second-order valence-corrected chi connectivity index (χ2v) is 7.32. The van der Waals surface area contributed by atoms with Gasteiger partial charge in [-0.15, -0.1) is 0 Å². The zero-order valence-corrected chi connectivity index (χ0v) is 11.9. The molecule has 2 saturated carbocycles. The summed E-state index contributed by atoms with van der Waals surface area (Å²) in [5, 5.41) is 3.82. The molecule has 2 aliphatic carbocycles. The van der Waals surface area contributed by atoms with Crippen LogP contribution in [0.4, 0.5) is 0 Å². The Balaban J connectivity index is 1.85. The van der Waals surface area contributed by atoms with E-state index in [9.17, 15) is 0 Å². The summed E-state index contributed by atoms with van der Waals surface area (Å²) in [5.41, 5.74) is 6.76. The Bertz CT molecular complexity index is 258. The molecule has 2 rings (SSSR count). The molecule has 0 spiro atoms. The molecule has 0 aromatic heterocycles. The van der Waals surface area contributed by atoms with Gasteiger partial charge in [0.05, 0.1) is 0 Å². The van der Waals surface area contributed by atoms with Crippen molar-refractivity contribution in [1.29, 1.82) is 0 Å². The number of nitrogens with one attached hydrogen (secondary N) is 1. The van der Waals surface area contributed by atoms with E-state index in [1.165, 1.54) is 45.1 Å². The first kappa shape index (κ1) is 13.4. The maximum atomic E-state index is 6.08. The zero-order valence-electron chi connectivity index (χ0n) is 11.9. The van der Waals surface area contributed by atoms with Crippen molar-refractivity contribution in [1.82, 2.24) is 5.32 Å². The van der Waals surface area contributed by atoms with Crippen molar-refractivity contribution >= 4 is 0 Å². The Morgan fingerprint density at radius 1 is 1.29 bits per heavy atom. The molecule has 0 aromatic rings. The standard InChI is InChI=1S/C15H30N2/c1-12-9-14(2,3)10-15(12,11-16)17-8-7-13-5-4-6-13/h12-13,17H,4-11,16H2,1-3H3. The number of nitrogens with two attached hydrogens (primary N) is 1. The van der Waals surface area contributed by atoms with Crippen molar-refractivity contribution in [2.24, 2.45) is 23.0 Å². The summed E-state index contributed by atoms with van der Waals surface area (Å²) < 4.78 is 0. The van der Waals surface area contributed by atoms with E-state index in [0.29, 0.717) is 11.3 Å². The molecular formula is C15H30N2. The third-order valence-corrected chi connectivity index (χ3v) is 5.21. The van der Waals surface area contributed by atoms with E-state index < -0.39 is 0 Å². The summed E-state index contributed by atoms with van der Waals surface area (Å²) in [5.74, 6) is 1.71. The van der Waals surface area contributed by atoms with Gasteiger partial charge in [0.2, 0.25) is 0 Å². The molecule has 100 valence electrons. The van der Waals surface area contributed by atoms with E-state index in [-0.39, 0.29) is 5.54 Å². The van der Waals surface area contributed by atoms with Crippen LogP contribution in [-0.2, 0) is 0 Å². The summed E-state index contributed by atoms with van der Waals surface area (Å²) in [4.78, 5) is 0. The topological polar surface area (TPSA) is 38.0 Å². The number of hydrogen-bond donors (Lipinski definition) is 2. The van der Waals surface area contributed by atoms with Gasteiger partial charge in [-0.05, 0) is 43.1 Å². The molecule has 2 unspecified atom stereocenters. The quantitative estimate of drug-likeness (QED) is 0.773. The lowest BCUT2D eigenvalue weighted by atomic mass is 9.82. The molecule has 0 amide bonds. The van der Waals surface area contributed by atoms with Gasteiger partial charge in [0.15, 0.2) is 0 Å². The number of hydrogen-bond acceptors (Lipinski definition) is 2. The van der Waals surface area contributed by atoms with Gasteiger partial charge < -0.3 is 11.1 Å². The van der Waals surface area contributed by atoms with Crippen molar-refractivity contribution in [2.45, 2.75) is 64.8 Å². The highest BCUT2D eigenvalue weighted by Gasteiger charge is 2.47. The van der Waals surface area contributed by atoms with Crippen LogP contribution in [0.3, 0.4) is 0 Å². The predicted molar refractivity (Wildman–Crippen MR) is 73.9 cm³/mol. The molecule has 3 N–H and O–H groups in total. The van der Waals surface area contributed by atoms with Crippen LogP contribution in [0.5, 0.6) is 0 Å². The monoisotopic (exact) mass is 238 g/mol. The van der Waals surface area contributed by atoms with Crippen molar-refractivity contribution < 1.29 is 0 Å². The maximum Gasteiger partial charge on any atom is 0.0335 e. The highest BCUT2D eigenvalue weighted by Crippen LogP contribution is 2.47. The average Bonchev–Trinajstić information content (AvgIpc) is 2.41. The van der Waals surface area contributed by atoms with Crippen LogP contribution in [0.15, 0.2) is 0 Å². The normalized spacial score (nSPS) is 37.1. The van der Waals surface area contributed by atoms with Gasteiger partial charge in [0.1, 0.15) is 0 Å². The van der Waals surface area contributed by atoms with E-state index in [2.05, 4.69) is 26.1 Å². The van der Waals surface area contributed by atoms with E-state index in [0.717, 1.165) is 12.5 Å². The Hall–Kier alpha value is -0.0800. The fourth-order valence-corrected chi connectivity index (χ4v) is 4.01. The molecule has 0 bridgehead atoms. The minimum Gasteiger partial charge on any atom is -0.329 e. The van der Waals surface area contributed by atoms with Gasteiger partial charge in [-0.1, -0.05) is 40.0 Å². The lowest BCUT2D eigenvalue weighted by Crippen LogP contribution is -2.54. The molecule has 2 aliphatic rings. The fourth-order valence-electron chi connectivity index (χ4n) is 4.01. The molecule has 0 radical (unpaired) electrons. The summed E-state index contributed by atoms with van der Waals surface area (Å²) in [6, 6.07) is 0. The third-order valence-electron chi connectivity index (χ3n) is 5.21. The van der Waals surface area contributed by atoms with Crippen LogP contribution in [0.2, 0.25) is 0 Å². The summed E-state index contributed by atoms with van der Waals surface area (Å²) in [6.07, 6.45) is 8.27. The van der Waals surface area contributed by atoms with Crippen LogP contribution in [-0.4, -0.2) is 18.6 Å². The van der Waals surface area contributed by atoms with Crippen LogP contribution >= 0.6 is 0 Å². The lowest BCUT2D eigenvalue weighted by Gasteiger charge is -2.36. The summed E-state index contributed by atoms with van der Waals surface area (Å²) in [7, 11) is 0. The van der Waals surface area contributed by atoms with Crippen LogP contribution in [0.1, 0.15) is 59.3 Å².